The van der Waals surface area contributed by atoms with Crippen molar-refractivity contribution in [1.82, 2.24) is 0 Å². The van der Waals surface area contributed by atoms with Crippen LogP contribution in [0.2, 0.25) is 0 Å². The standard InChI is InChI=1S/C3H2ClN3O2/c4-3(7-9)2(1-5)6-8/h8-9H/b6-2+,7-3-. The van der Waals surface area contributed by atoms with E-state index in [2.05, 4.69) is 10.3 Å². The second-order valence-corrected chi connectivity index (χ2v) is 1.31. The van der Waals surface area contributed by atoms with Gasteiger partial charge in [0.25, 0.3) is 0 Å². The molecule has 2 N–H and O–H groups in total. The molecule has 0 spiro atoms. The molecule has 0 aliphatic heterocycles. The van der Waals surface area contributed by atoms with Crippen molar-refractivity contribution in [3.05, 3.63) is 0 Å². The number of nitriles is 1. The summed E-state index contributed by atoms with van der Waals surface area (Å²) in [6.45, 7) is 0. The molecule has 9 heavy (non-hydrogen) atoms. The van der Waals surface area contributed by atoms with Crippen LogP contribution in [0.3, 0.4) is 0 Å². The molecule has 0 heterocycles. The maximum atomic E-state index is 8.01. The van der Waals surface area contributed by atoms with E-state index in [9.17, 15) is 0 Å². The van der Waals surface area contributed by atoms with Gasteiger partial charge >= 0.3 is 0 Å². The van der Waals surface area contributed by atoms with Gasteiger partial charge in [0.15, 0.2) is 0 Å². The molecule has 0 aliphatic rings. The van der Waals surface area contributed by atoms with E-state index in [4.69, 9.17) is 27.3 Å². The van der Waals surface area contributed by atoms with Gasteiger partial charge in [-0.3, -0.25) is 0 Å². The number of nitrogens with zero attached hydrogens (tertiary/aromatic N) is 3. The first-order chi connectivity index (χ1) is 4.26. The monoisotopic (exact) mass is 147 g/mol. The Hall–Kier alpha value is -1.28. The Morgan fingerprint density at radius 1 is 1.44 bits per heavy atom. The zero-order chi connectivity index (χ0) is 7.28. The quantitative estimate of drug-likeness (QED) is 0.319. The van der Waals surface area contributed by atoms with Crippen molar-refractivity contribution in [2.45, 2.75) is 0 Å². The molecule has 0 bridgehead atoms. The van der Waals surface area contributed by atoms with Gasteiger partial charge in [-0.25, -0.2) is 0 Å². The minimum atomic E-state index is -0.542. The molecule has 0 aromatic carbocycles. The van der Waals surface area contributed by atoms with Crippen LogP contribution in [-0.4, -0.2) is 21.3 Å². The Labute approximate surface area is 55.5 Å². The van der Waals surface area contributed by atoms with Crippen LogP contribution in [0.25, 0.3) is 0 Å². The molecule has 0 aromatic rings. The Kier molecular flexibility index (Phi) is 3.16. The molecule has 0 radical (unpaired) electrons. The van der Waals surface area contributed by atoms with E-state index in [0.29, 0.717) is 0 Å². The van der Waals surface area contributed by atoms with E-state index in [-0.39, 0.29) is 0 Å². The molecule has 0 atom stereocenters. The minimum Gasteiger partial charge on any atom is -0.410 e. The molecule has 0 rings (SSSR count). The molecular weight excluding hydrogens is 146 g/mol. The van der Waals surface area contributed by atoms with Gasteiger partial charge in [0, 0.05) is 0 Å². The first-order valence-corrected chi connectivity index (χ1v) is 2.14. The third-order valence-corrected chi connectivity index (χ3v) is 0.744. The topological polar surface area (TPSA) is 89.0 Å². The summed E-state index contributed by atoms with van der Waals surface area (Å²) in [5.41, 5.74) is -0.529. The molecule has 5 nitrogen and oxygen atoms in total. The van der Waals surface area contributed by atoms with Crippen LogP contribution in [0, 0.1) is 11.3 Å². The van der Waals surface area contributed by atoms with Crippen LogP contribution in [0.5, 0.6) is 0 Å². The van der Waals surface area contributed by atoms with Gasteiger partial charge in [-0.05, 0) is 0 Å². The van der Waals surface area contributed by atoms with Gasteiger partial charge in [-0.2, -0.15) is 5.26 Å². The highest BCUT2D eigenvalue weighted by Gasteiger charge is 2.04. The highest BCUT2D eigenvalue weighted by atomic mass is 35.5. The van der Waals surface area contributed by atoms with Crippen molar-refractivity contribution in [2.24, 2.45) is 10.3 Å². The summed E-state index contributed by atoms with van der Waals surface area (Å²) in [5, 5.41) is 28.1. The lowest BCUT2D eigenvalue weighted by atomic mass is 10.5. The van der Waals surface area contributed by atoms with Crippen molar-refractivity contribution < 1.29 is 10.4 Å². The fourth-order valence-corrected chi connectivity index (χ4v) is 0.237. The summed E-state index contributed by atoms with van der Waals surface area (Å²) >= 11 is 5.02. The van der Waals surface area contributed by atoms with Crippen LogP contribution in [-0.2, 0) is 0 Å². The molecule has 0 saturated heterocycles. The van der Waals surface area contributed by atoms with Crippen LogP contribution in [0.4, 0.5) is 0 Å². The summed E-state index contributed by atoms with van der Waals surface area (Å²) in [5.74, 6) is 0. The van der Waals surface area contributed by atoms with Crippen LogP contribution < -0.4 is 0 Å². The van der Waals surface area contributed by atoms with Gasteiger partial charge in [0.2, 0.25) is 10.9 Å². The number of hydrogen-bond acceptors (Lipinski definition) is 5. The summed E-state index contributed by atoms with van der Waals surface area (Å²) in [6.07, 6.45) is 0. The molecule has 0 unspecified atom stereocenters. The van der Waals surface area contributed by atoms with Crippen molar-refractivity contribution >= 4 is 22.5 Å². The second kappa shape index (κ2) is 3.69. The first kappa shape index (κ1) is 7.72. The van der Waals surface area contributed by atoms with E-state index >= 15 is 0 Å². The van der Waals surface area contributed by atoms with E-state index < -0.39 is 10.9 Å². The molecule has 0 amide bonds. The Morgan fingerprint density at radius 3 is 2.11 bits per heavy atom. The van der Waals surface area contributed by atoms with E-state index in [1.165, 1.54) is 6.07 Å². The SMILES string of the molecule is N#CC(=N\O)/C(Cl)=N/O. The van der Waals surface area contributed by atoms with Gasteiger partial charge in [0.05, 0.1) is 0 Å². The molecule has 0 aromatic heterocycles. The lowest BCUT2D eigenvalue weighted by Crippen LogP contribution is -2.03. The predicted molar refractivity (Wildman–Crippen MR) is 29.9 cm³/mol. The normalized spacial score (nSPS) is 12.9. The van der Waals surface area contributed by atoms with Crippen molar-refractivity contribution in [1.29, 1.82) is 5.26 Å². The smallest absolute Gasteiger partial charge is 0.220 e. The highest BCUT2D eigenvalue weighted by Crippen LogP contribution is 1.87. The maximum absolute atomic E-state index is 8.01. The predicted octanol–water partition coefficient (Wildman–Crippen LogP) is 0.367. The van der Waals surface area contributed by atoms with Crippen LogP contribution in [0.15, 0.2) is 10.3 Å². The average Bonchev–Trinajstić information content (AvgIpc) is 1.90. The number of oxime groups is 2. The van der Waals surface area contributed by atoms with E-state index in [0.717, 1.165) is 0 Å². The average molecular weight is 148 g/mol. The molecule has 0 saturated carbocycles. The van der Waals surface area contributed by atoms with Gasteiger partial charge < -0.3 is 10.4 Å². The van der Waals surface area contributed by atoms with Crippen molar-refractivity contribution in [2.75, 3.05) is 0 Å². The Morgan fingerprint density at radius 2 is 2.00 bits per heavy atom. The minimum absolute atomic E-state index is 0.529. The van der Waals surface area contributed by atoms with Crippen LogP contribution >= 0.6 is 11.6 Å². The van der Waals surface area contributed by atoms with E-state index in [1.807, 2.05) is 0 Å². The zero-order valence-corrected chi connectivity index (χ0v) is 4.87. The summed E-state index contributed by atoms with van der Waals surface area (Å²) in [4.78, 5) is 0. The Balaban J connectivity index is 4.39. The molecule has 0 fully saturated rings. The summed E-state index contributed by atoms with van der Waals surface area (Å²) in [7, 11) is 0. The number of hydrogen-bond donors (Lipinski definition) is 2. The second-order valence-electron chi connectivity index (χ2n) is 0.951. The summed E-state index contributed by atoms with van der Waals surface area (Å²) < 4.78 is 0. The number of halogens is 1. The fourth-order valence-electron chi connectivity index (χ4n) is 0.157. The highest BCUT2D eigenvalue weighted by molar-refractivity contribution is 6.85. The first-order valence-electron chi connectivity index (χ1n) is 1.76. The third-order valence-electron chi connectivity index (χ3n) is 0.489. The Bertz CT molecular complexity index is 192. The summed E-state index contributed by atoms with van der Waals surface area (Å²) in [6, 6.07) is 1.38. The third kappa shape index (κ3) is 1.97. The molecule has 0 aliphatic carbocycles. The van der Waals surface area contributed by atoms with Gasteiger partial charge in [-0.1, -0.05) is 21.9 Å². The van der Waals surface area contributed by atoms with Gasteiger partial charge in [-0.15, -0.1) is 0 Å². The van der Waals surface area contributed by atoms with Gasteiger partial charge in [0.1, 0.15) is 6.07 Å². The molecular formula is C3H2ClN3O2. The maximum Gasteiger partial charge on any atom is 0.220 e. The lowest BCUT2D eigenvalue weighted by molar-refractivity contribution is 0.315. The lowest BCUT2D eigenvalue weighted by Gasteiger charge is -1.83. The molecule has 6 heteroatoms. The molecule has 48 valence electrons. The van der Waals surface area contributed by atoms with E-state index in [1.54, 1.807) is 0 Å². The van der Waals surface area contributed by atoms with Crippen LogP contribution in [0.1, 0.15) is 0 Å². The fraction of sp³-hybridized carbons (Fsp3) is 0. The zero-order valence-electron chi connectivity index (χ0n) is 4.11. The van der Waals surface area contributed by atoms with Crippen molar-refractivity contribution in [3.63, 3.8) is 0 Å². The number of rotatable bonds is 1. The van der Waals surface area contributed by atoms with Crippen molar-refractivity contribution in [3.8, 4) is 6.07 Å². The largest absolute Gasteiger partial charge is 0.410 e.